The molecule has 0 saturated heterocycles. The van der Waals surface area contributed by atoms with E-state index in [0.29, 0.717) is 0 Å². The molecule has 0 heterocycles. The number of benzene rings is 1. The third-order valence-corrected chi connectivity index (χ3v) is 4.40. The van der Waals surface area contributed by atoms with E-state index in [1.54, 1.807) is 0 Å². The summed E-state index contributed by atoms with van der Waals surface area (Å²) in [6.45, 7) is 0. The van der Waals surface area contributed by atoms with Crippen LogP contribution in [0.25, 0.3) is 0 Å². The van der Waals surface area contributed by atoms with E-state index in [4.69, 9.17) is 23.2 Å². The number of rotatable bonds is 2. The smallest absolute Gasteiger partial charge is 0.254 e. The molecule has 0 spiro atoms. The second-order valence-corrected chi connectivity index (χ2v) is 5.65. The van der Waals surface area contributed by atoms with Gasteiger partial charge in [-0.15, -0.1) is 0 Å². The van der Waals surface area contributed by atoms with Gasteiger partial charge in [0.2, 0.25) is 0 Å². The largest absolute Gasteiger partial charge is 0.506 e. The standard InChI is InChI=1S/C8HBr3Cl2O3/c9-3-1(7(12)15)4(10)6(14)5(11)2(3)8(13)16/h14H. The zero-order chi connectivity index (χ0) is 12.6. The van der Waals surface area contributed by atoms with Crippen molar-refractivity contribution in [3.05, 3.63) is 24.5 Å². The van der Waals surface area contributed by atoms with Crippen molar-refractivity contribution in [2.75, 3.05) is 0 Å². The van der Waals surface area contributed by atoms with Crippen LogP contribution in [0.15, 0.2) is 13.4 Å². The van der Waals surface area contributed by atoms with Crippen molar-refractivity contribution in [1.29, 1.82) is 0 Å². The van der Waals surface area contributed by atoms with Gasteiger partial charge in [-0.25, -0.2) is 0 Å². The molecule has 0 amide bonds. The molecule has 0 fully saturated rings. The maximum absolute atomic E-state index is 11.2. The molecule has 16 heavy (non-hydrogen) atoms. The molecule has 0 unspecified atom stereocenters. The third kappa shape index (κ3) is 2.46. The highest BCUT2D eigenvalue weighted by atomic mass is 79.9. The van der Waals surface area contributed by atoms with E-state index in [0.717, 1.165) is 0 Å². The Hall–Kier alpha value is 0.380. The molecule has 0 bridgehead atoms. The Labute approximate surface area is 125 Å². The summed E-state index contributed by atoms with van der Waals surface area (Å²) < 4.78 is 0.268. The Balaban J connectivity index is 3.80. The lowest BCUT2D eigenvalue weighted by atomic mass is 10.1. The van der Waals surface area contributed by atoms with Crippen LogP contribution in [0.4, 0.5) is 0 Å². The second kappa shape index (κ2) is 5.35. The SMILES string of the molecule is O=C(Cl)c1c(Br)c(O)c(Br)c(C(=O)Cl)c1Br. The summed E-state index contributed by atoms with van der Waals surface area (Å²) in [4.78, 5) is 22.3. The van der Waals surface area contributed by atoms with Crippen LogP contribution in [-0.4, -0.2) is 15.6 Å². The van der Waals surface area contributed by atoms with Crippen molar-refractivity contribution in [2.45, 2.75) is 0 Å². The first kappa shape index (κ1) is 14.4. The minimum absolute atomic E-state index is 0.0635. The number of phenolic OH excluding ortho intramolecular Hbond substituents is 1. The van der Waals surface area contributed by atoms with Crippen LogP contribution in [0.2, 0.25) is 0 Å². The Morgan fingerprint density at radius 2 is 1.19 bits per heavy atom. The van der Waals surface area contributed by atoms with E-state index in [-0.39, 0.29) is 30.3 Å². The van der Waals surface area contributed by atoms with E-state index in [1.807, 2.05) is 0 Å². The lowest BCUT2D eigenvalue weighted by Gasteiger charge is -2.11. The molecule has 3 nitrogen and oxygen atoms in total. The number of hydrogen-bond acceptors (Lipinski definition) is 3. The summed E-state index contributed by atoms with van der Waals surface area (Å²) in [5, 5.41) is 7.99. The molecule has 0 atom stereocenters. The van der Waals surface area contributed by atoms with Gasteiger partial charge >= 0.3 is 0 Å². The van der Waals surface area contributed by atoms with Gasteiger partial charge in [0.25, 0.3) is 10.5 Å². The van der Waals surface area contributed by atoms with Crippen molar-refractivity contribution in [1.82, 2.24) is 0 Å². The monoisotopic (exact) mass is 452 g/mol. The Kier molecular flexibility index (Phi) is 4.83. The molecule has 1 aromatic rings. The number of carbonyl (C=O) groups excluding carboxylic acids is 2. The zero-order valence-corrected chi connectivity index (χ0v) is 13.4. The topological polar surface area (TPSA) is 54.4 Å². The minimum Gasteiger partial charge on any atom is -0.506 e. The first-order valence-electron chi connectivity index (χ1n) is 3.58. The fourth-order valence-electron chi connectivity index (χ4n) is 0.996. The molecule has 0 radical (unpaired) electrons. The summed E-state index contributed by atoms with van der Waals surface area (Å²) in [6.07, 6.45) is 0. The highest BCUT2D eigenvalue weighted by Crippen LogP contribution is 2.44. The van der Waals surface area contributed by atoms with E-state index in [1.165, 1.54) is 0 Å². The predicted octanol–water partition coefficient (Wildman–Crippen LogP) is 4.44. The maximum atomic E-state index is 11.2. The molecule has 0 saturated carbocycles. The number of hydrogen-bond donors (Lipinski definition) is 1. The van der Waals surface area contributed by atoms with Crippen molar-refractivity contribution >= 4 is 81.5 Å². The fourth-order valence-corrected chi connectivity index (χ4v) is 4.54. The molecule has 8 heteroatoms. The maximum Gasteiger partial charge on any atom is 0.254 e. The van der Waals surface area contributed by atoms with Crippen LogP contribution >= 0.6 is 71.0 Å². The van der Waals surface area contributed by atoms with Crippen LogP contribution in [-0.2, 0) is 0 Å². The van der Waals surface area contributed by atoms with Gasteiger partial charge in [-0.1, -0.05) is 0 Å². The lowest BCUT2D eigenvalue weighted by Crippen LogP contribution is -2.02. The number of aromatic hydroxyl groups is 1. The van der Waals surface area contributed by atoms with Crippen molar-refractivity contribution in [3.8, 4) is 5.75 Å². The van der Waals surface area contributed by atoms with Gasteiger partial charge in [0.1, 0.15) is 5.75 Å². The average Bonchev–Trinajstić information content (AvgIpc) is 2.13. The zero-order valence-electron chi connectivity index (χ0n) is 7.15. The summed E-state index contributed by atoms with van der Waals surface area (Å²) in [5.41, 5.74) is -0.127. The quantitative estimate of drug-likeness (QED) is 0.671. The fraction of sp³-hybridized carbons (Fsp3) is 0. The second-order valence-electron chi connectivity index (χ2n) is 2.59. The number of phenols is 1. The van der Waals surface area contributed by atoms with Gasteiger partial charge in [-0.2, -0.15) is 0 Å². The first-order chi connectivity index (χ1) is 7.29. The Morgan fingerprint density at radius 3 is 1.44 bits per heavy atom. The van der Waals surface area contributed by atoms with Gasteiger partial charge in [-0.05, 0) is 71.0 Å². The minimum atomic E-state index is -0.833. The molecule has 1 N–H and O–H groups in total. The van der Waals surface area contributed by atoms with Crippen LogP contribution in [0.5, 0.6) is 5.75 Å². The molecule has 0 aliphatic carbocycles. The molecule has 0 aromatic heterocycles. The van der Waals surface area contributed by atoms with Crippen LogP contribution < -0.4 is 0 Å². The Bertz CT molecular complexity index is 461. The summed E-state index contributed by atoms with van der Waals surface area (Å²) >= 11 is 19.7. The van der Waals surface area contributed by atoms with Crippen molar-refractivity contribution < 1.29 is 14.7 Å². The van der Waals surface area contributed by atoms with Crippen LogP contribution in [0.3, 0.4) is 0 Å². The predicted molar refractivity (Wildman–Crippen MR) is 71.6 cm³/mol. The highest BCUT2D eigenvalue weighted by molar-refractivity contribution is 9.11. The molecular formula is C8HBr3Cl2O3. The lowest BCUT2D eigenvalue weighted by molar-refractivity contribution is 0.107. The van der Waals surface area contributed by atoms with Crippen molar-refractivity contribution in [3.63, 3.8) is 0 Å². The summed E-state index contributed by atoms with van der Waals surface area (Å²) in [5.74, 6) is -0.323. The molecular weight excluding hydrogens is 455 g/mol. The van der Waals surface area contributed by atoms with Gasteiger partial charge in [0.15, 0.2) is 0 Å². The van der Waals surface area contributed by atoms with E-state index in [2.05, 4.69) is 47.8 Å². The van der Waals surface area contributed by atoms with E-state index in [9.17, 15) is 14.7 Å². The van der Waals surface area contributed by atoms with Crippen molar-refractivity contribution in [2.24, 2.45) is 0 Å². The molecule has 86 valence electrons. The Morgan fingerprint density at radius 1 is 0.875 bits per heavy atom. The average molecular weight is 456 g/mol. The normalized spacial score (nSPS) is 10.3. The summed E-state index contributed by atoms with van der Waals surface area (Å²) in [6, 6.07) is 0. The number of halogens is 5. The van der Waals surface area contributed by atoms with E-state index >= 15 is 0 Å². The third-order valence-electron chi connectivity index (χ3n) is 1.69. The molecule has 1 aromatic carbocycles. The number of carbonyl (C=O) groups is 2. The van der Waals surface area contributed by atoms with Gasteiger partial charge < -0.3 is 5.11 Å². The molecule has 1 rings (SSSR count). The van der Waals surface area contributed by atoms with Crippen LogP contribution in [0.1, 0.15) is 20.7 Å². The highest BCUT2D eigenvalue weighted by Gasteiger charge is 2.26. The molecule has 0 aliphatic rings. The van der Waals surface area contributed by atoms with Gasteiger partial charge in [0, 0.05) is 4.47 Å². The van der Waals surface area contributed by atoms with Crippen LogP contribution in [0, 0.1) is 0 Å². The van der Waals surface area contributed by atoms with Gasteiger partial charge in [-0.3, -0.25) is 9.59 Å². The van der Waals surface area contributed by atoms with E-state index < -0.39 is 10.5 Å². The van der Waals surface area contributed by atoms with Gasteiger partial charge in [0.05, 0.1) is 20.1 Å². The first-order valence-corrected chi connectivity index (χ1v) is 6.71. The summed E-state index contributed by atoms with van der Waals surface area (Å²) in [7, 11) is 0. The molecule has 0 aliphatic heterocycles.